The topological polar surface area (TPSA) is 92.3 Å². The van der Waals surface area contributed by atoms with Crippen molar-refractivity contribution in [2.24, 2.45) is 0 Å². The molecular weight excluding hydrogens is 376 g/mol. The van der Waals surface area contributed by atoms with E-state index in [1.54, 1.807) is 36.4 Å². The standard InChI is InChI=1S/C21H24N2O4S/c1-28(26,27)19-11-4-15(5-12-19)6-13-20(24)22-17-7-2-16(3-8-17)14-21(25)23-18-9-10-18/h2-5,7-8,11-12,18H,6,9-10,13-14H2,1H3,(H,22,24)(H,23,25). The molecule has 7 heteroatoms. The van der Waals surface area contributed by atoms with Gasteiger partial charge in [-0.3, -0.25) is 9.59 Å². The average molecular weight is 401 g/mol. The fraction of sp³-hybridized carbons (Fsp3) is 0.333. The Kier molecular flexibility index (Phi) is 6.14. The summed E-state index contributed by atoms with van der Waals surface area (Å²) in [6, 6.07) is 14.2. The van der Waals surface area contributed by atoms with E-state index >= 15 is 0 Å². The summed E-state index contributed by atoms with van der Waals surface area (Å²) in [5.41, 5.74) is 2.49. The van der Waals surface area contributed by atoms with Crippen LogP contribution in [0.1, 0.15) is 30.4 Å². The summed E-state index contributed by atoms with van der Waals surface area (Å²) in [6.07, 6.45) is 4.46. The molecule has 0 aromatic heterocycles. The highest BCUT2D eigenvalue weighted by Crippen LogP contribution is 2.19. The van der Waals surface area contributed by atoms with Crippen molar-refractivity contribution in [2.75, 3.05) is 11.6 Å². The molecule has 0 saturated heterocycles. The lowest BCUT2D eigenvalue weighted by atomic mass is 10.1. The van der Waals surface area contributed by atoms with Crippen molar-refractivity contribution < 1.29 is 18.0 Å². The average Bonchev–Trinajstić information content (AvgIpc) is 3.45. The van der Waals surface area contributed by atoms with Gasteiger partial charge in [-0.25, -0.2) is 8.42 Å². The molecule has 6 nitrogen and oxygen atoms in total. The number of hydrogen-bond donors (Lipinski definition) is 2. The van der Waals surface area contributed by atoms with Crippen LogP contribution in [0.15, 0.2) is 53.4 Å². The van der Waals surface area contributed by atoms with Crippen LogP contribution in [0, 0.1) is 0 Å². The first-order valence-corrected chi connectivity index (χ1v) is 11.2. The number of nitrogens with one attached hydrogen (secondary N) is 2. The van der Waals surface area contributed by atoms with Gasteiger partial charge >= 0.3 is 0 Å². The number of carbonyl (C=O) groups is 2. The first-order valence-electron chi connectivity index (χ1n) is 9.27. The molecule has 0 aliphatic heterocycles. The van der Waals surface area contributed by atoms with E-state index in [1.165, 1.54) is 6.26 Å². The first-order chi connectivity index (χ1) is 13.3. The highest BCUT2D eigenvalue weighted by atomic mass is 32.2. The molecule has 0 bridgehead atoms. The molecule has 1 fully saturated rings. The summed E-state index contributed by atoms with van der Waals surface area (Å²) in [4.78, 5) is 24.2. The summed E-state index contributed by atoms with van der Waals surface area (Å²) in [7, 11) is -3.21. The Balaban J connectivity index is 1.45. The number of benzene rings is 2. The molecule has 2 amide bonds. The van der Waals surface area contributed by atoms with Crippen LogP contribution in [-0.2, 0) is 32.3 Å². The zero-order chi connectivity index (χ0) is 20.1. The van der Waals surface area contributed by atoms with E-state index in [0.717, 1.165) is 24.0 Å². The molecule has 1 saturated carbocycles. The normalized spacial score (nSPS) is 13.8. The van der Waals surface area contributed by atoms with E-state index in [9.17, 15) is 18.0 Å². The van der Waals surface area contributed by atoms with E-state index in [0.29, 0.717) is 31.0 Å². The van der Waals surface area contributed by atoms with Crippen molar-refractivity contribution in [3.05, 3.63) is 59.7 Å². The number of hydrogen-bond acceptors (Lipinski definition) is 4. The Morgan fingerprint density at radius 2 is 1.54 bits per heavy atom. The minimum atomic E-state index is -3.21. The molecule has 148 valence electrons. The first kappa shape index (κ1) is 20.1. The highest BCUT2D eigenvalue weighted by Gasteiger charge is 2.23. The molecule has 28 heavy (non-hydrogen) atoms. The Hall–Kier alpha value is -2.67. The van der Waals surface area contributed by atoms with Gasteiger partial charge in [0, 0.05) is 24.4 Å². The van der Waals surface area contributed by atoms with Crippen LogP contribution >= 0.6 is 0 Å². The van der Waals surface area contributed by atoms with Gasteiger partial charge in [0.15, 0.2) is 9.84 Å². The van der Waals surface area contributed by atoms with Gasteiger partial charge in [0.2, 0.25) is 11.8 Å². The summed E-state index contributed by atoms with van der Waals surface area (Å²) in [6.45, 7) is 0. The molecular formula is C21H24N2O4S. The molecule has 3 rings (SSSR count). The number of carbonyl (C=O) groups excluding carboxylic acids is 2. The molecule has 1 aliphatic carbocycles. The minimum Gasteiger partial charge on any atom is -0.353 e. The van der Waals surface area contributed by atoms with Gasteiger partial charge in [0.1, 0.15) is 0 Å². The van der Waals surface area contributed by atoms with E-state index in [-0.39, 0.29) is 16.7 Å². The molecule has 2 aromatic carbocycles. The van der Waals surface area contributed by atoms with Gasteiger partial charge in [0.05, 0.1) is 11.3 Å². The van der Waals surface area contributed by atoms with Crippen LogP contribution in [0.25, 0.3) is 0 Å². The van der Waals surface area contributed by atoms with Crippen molar-refractivity contribution in [1.82, 2.24) is 5.32 Å². The third-order valence-electron chi connectivity index (χ3n) is 4.54. The van der Waals surface area contributed by atoms with E-state index in [4.69, 9.17) is 0 Å². The lowest BCUT2D eigenvalue weighted by Gasteiger charge is -2.08. The maximum absolute atomic E-state index is 12.1. The molecule has 1 aliphatic rings. The van der Waals surface area contributed by atoms with Gasteiger partial charge in [-0.15, -0.1) is 0 Å². The maximum Gasteiger partial charge on any atom is 0.224 e. The zero-order valence-corrected chi connectivity index (χ0v) is 16.6. The lowest BCUT2D eigenvalue weighted by Crippen LogP contribution is -2.26. The van der Waals surface area contributed by atoms with Crippen molar-refractivity contribution in [2.45, 2.75) is 43.0 Å². The summed E-state index contributed by atoms with van der Waals surface area (Å²) < 4.78 is 22.9. The summed E-state index contributed by atoms with van der Waals surface area (Å²) >= 11 is 0. The van der Waals surface area contributed by atoms with Crippen LogP contribution in [0.5, 0.6) is 0 Å². The van der Waals surface area contributed by atoms with Crippen LogP contribution in [0.3, 0.4) is 0 Å². The van der Waals surface area contributed by atoms with Crippen molar-refractivity contribution >= 4 is 27.3 Å². The summed E-state index contributed by atoms with van der Waals surface area (Å²) in [5.74, 6) is -0.0902. The lowest BCUT2D eigenvalue weighted by molar-refractivity contribution is -0.120. The fourth-order valence-corrected chi connectivity index (χ4v) is 3.41. The molecule has 2 N–H and O–H groups in total. The van der Waals surface area contributed by atoms with Gasteiger partial charge in [0.25, 0.3) is 0 Å². The molecule has 0 spiro atoms. The second kappa shape index (κ2) is 8.56. The smallest absolute Gasteiger partial charge is 0.224 e. The predicted molar refractivity (Wildman–Crippen MR) is 108 cm³/mol. The SMILES string of the molecule is CS(=O)(=O)c1ccc(CCC(=O)Nc2ccc(CC(=O)NC3CC3)cc2)cc1. The maximum atomic E-state index is 12.1. The predicted octanol–water partition coefficient (Wildman–Crippen LogP) is 2.48. The van der Waals surface area contributed by atoms with E-state index in [1.807, 2.05) is 12.1 Å². The number of rotatable bonds is 8. The Labute approximate surface area is 165 Å². The number of sulfone groups is 1. The number of anilines is 1. The van der Waals surface area contributed by atoms with Gasteiger partial charge in [-0.05, 0) is 54.7 Å². The Bertz CT molecular complexity index is 947. The number of amides is 2. The second-order valence-corrected chi connectivity index (χ2v) is 9.20. The quantitative estimate of drug-likeness (QED) is 0.712. The van der Waals surface area contributed by atoms with Crippen LogP contribution in [-0.4, -0.2) is 32.5 Å². The van der Waals surface area contributed by atoms with Gasteiger partial charge in [-0.2, -0.15) is 0 Å². The van der Waals surface area contributed by atoms with Gasteiger partial charge < -0.3 is 10.6 Å². The zero-order valence-electron chi connectivity index (χ0n) is 15.8. The Morgan fingerprint density at radius 1 is 0.929 bits per heavy atom. The third-order valence-corrected chi connectivity index (χ3v) is 5.67. The largest absolute Gasteiger partial charge is 0.353 e. The molecule has 0 atom stereocenters. The molecule has 0 unspecified atom stereocenters. The molecule has 2 aromatic rings. The van der Waals surface area contributed by atoms with Crippen LogP contribution in [0.4, 0.5) is 5.69 Å². The van der Waals surface area contributed by atoms with E-state index in [2.05, 4.69) is 10.6 Å². The van der Waals surface area contributed by atoms with Crippen molar-refractivity contribution in [3.63, 3.8) is 0 Å². The summed E-state index contributed by atoms with van der Waals surface area (Å²) in [5, 5.41) is 5.79. The van der Waals surface area contributed by atoms with E-state index < -0.39 is 9.84 Å². The minimum absolute atomic E-state index is 0.0289. The Morgan fingerprint density at radius 3 is 2.11 bits per heavy atom. The molecule has 0 heterocycles. The fourth-order valence-electron chi connectivity index (χ4n) is 2.78. The highest BCUT2D eigenvalue weighted by molar-refractivity contribution is 7.90. The van der Waals surface area contributed by atoms with Crippen molar-refractivity contribution in [1.29, 1.82) is 0 Å². The number of aryl methyl sites for hydroxylation is 1. The second-order valence-electron chi connectivity index (χ2n) is 7.18. The third kappa shape index (κ3) is 6.20. The molecule has 0 radical (unpaired) electrons. The van der Waals surface area contributed by atoms with Gasteiger partial charge in [-0.1, -0.05) is 24.3 Å². The van der Waals surface area contributed by atoms with Crippen LogP contribution in [0.2, 0.25) is 0 Å². The monoisotopic (exact) mass is 400 g/mol. The van der Waals surface area contributed by atoms with Crippen LogP contribution < -0.4 is 10.6 Å². The van der Waals surface area contributed by atoms with Crippen molar-refractivity contribution in [3.8, 4) is 0 Å².